The molecule has 6 heteroatoms. The Morgan fingerprint density at radius 3 is 2.62 bits per heavy atom. The fourth-order valence-corrected chi connectivity index (χ4v) is 3.42. The van der Waals surface area contributed by atoms with E-state index in [2.05, 4.69) is 11.7 Å². The smallest absolute Gasteiger partial charge is 0.276 e. The predicted molar refractivity (Wildman–Crippen MR) is 117 cm³/mol. The standard InChI is InChI=1S/C23H20ClN3O2/c1-3-16-5-7-17(8-6-16)15-26-11-12-27-21(23(26)28)14-20(25-27)18-9-10-22(29-4-2)19(24)13-18/h3,5-14H,1,4,15H2,2H3. The zero-order valence-corrected chi connectivity index (χ0v) is 16.8. The van der Waals surface area contributed by atoms with Gasteiger partial charge in [0.05, 0.1) is 23.9 Å². The number of halogens is 1. The molecule has 4 aromatic rings. The number of benzene rings is 2. The van der Waals surface area contributed by atoms with Crippen molar-refractivity contribution in [3.8, 4) is 17.0 Å². The number of aromatic nitrogens is 3. The number of rotatable bonds is 6. The molecule has 0 fully saturated rings. The first kappa shape index (κ1) is 19.0. The van der Waals surface area contributed by atoms with Gasteiger partial charge in [-0.25, -0.2) is 4.52 Å². The second-order valence-corrected chi connectivity index (χ2v) is 7.02. The highest BCUT2D eigenvalue weighted by atomic mass is 35.5. The summed E-state index contributed by atoms with van der Waals surface area (Å²) in [6, 6.07) is 15.3. The minimum Gasteiger partial charge on any atom is -0.492 e. The van der Waals surface area contributed by atoms with Crippen molar-refractivity contribution >= 4 is 23.2 Å². The van der Waals surface area contributed by atoms with E-state index in [9.17, 15) is 4.79 Å². The van der Waals surface area contributed by atoms with Crippen LogP contribution in [-0.2, 0) is 6.54 Å². The van der Waals surface area contributed by atoms with Crippen LogP contribution in [0.25, 0.3) is 22.9 Å². The monoisotopic (exact) mass is 405 g/mol. The number of ether oxygens (including phenoxy) is 1. The molecule has 4 rings (SSSR count). The van der Waals surface area contributed by atoms with Crippen molar-refractivity contribution in [3.05, 3.63) is 94.0 Å². The summed E-state index contributed by atoms with van der Waals surface area (Å²) >= 11 is 6.29. The zero-order valence-electron chi connectivity index (χ0n) is 16.0. The maximum absolute atomic E-state index is 12.9. The van der Waals surface area contributed by atoms with Crippen LogP contribution in [0.15, 0.2) is 72.3 Å². The van der Waals surface area contributed by atoms with Gasteiger partial charge < -0.3 is 9.30 Å². The molecular weight excluding hydrogens is 386 g/mol. The van der Waals surface area contributed by atoms with Gasteiger partial charge in [0.25, 0.3) is 5.56 Å². The van der Waals surface area contributed by atoms with Gasteiger partial charge in [0.15, 0.2) is 0 Å². The molecule has 29 heavy (non-hydrogen) atoms. The Labute approximate surface area is 173 Å². The van der Waals surface area contributed by atoms with Crippen LogP contribution in [0.5, 0.6) is 5.75 Å². The van der Waals surface area contributed by atoms with E-state index in [0.717, 1.165) is 16.7 Å². The number of hydrogen-bond donors (Lipinski definition) is 0. The van der Waals surface area contributed by atoms with E-state index < -0.39 is 0 Å². The Kier molecular flexibility index (Phi) is 5.23. The van der Waals surface area contributed by atoms with Crippen molar-refractivity contribution in [2.75, 3.05) is 6.61 Å². The van der Waals surface area contributed by atoms with Gasteiger partial charge >= 0.3 is 0 Å². The van der Waals surface area contributed by atoms with E-state index in [0.29, 0.717) is 35.1 Å². The highest BCUT2D eigenvalue weighted by molar-refractivity contribution is 6.32. The topological polar surface area (TPSA) is 48.5 Å². The summed E-state index contributed by atoms with van der Waals surface area (Å²) in [6.07, 6.45) is 5.33. The van der Waals surface area contributed by atoms with Crippen LogP contribution in [0.2, 0.25) is 5.02 Å². The Bertz CT molecular complexity index is 1240. The third-order valence-corrected chi connectivity index (χ3v) is 4.99. The molecule has 146 valence electrons. The molecule has 0 N–H and O–H groups in total. The molecule has 0 radical (unpaired) electrons. The van der Waals surface area contributed by atoms with Crippen molar-refractivity contribution in [2.45, 2.75) is 13.5 Å². The minimum atomic E-state index is -0.101. The number of hydrogen-bond acceptors (Lipinski definition) is 3. The minimum absolute atomic E-state index is 0.101. The third-order valence-electron chi connectivity index (χ3n) is 4.70. The van der Waals surface area contributed by atoms with Gasteiger partial charge in [0.1, 0.15) is 11.3 Å². The van der Waals surface area contributed by atoms with Crippen molar-refractivity contribution in [1.82, 2.24) is 14.2 Å². The summed E-state index contributed by atoms with van der Waals surface area (Å²) in [7, 11) is 0. The molecule has 2 heterocycles. The van der Waals surface area contributed by atoms with Crippen LogP contribution < -0.4 is 10.3 Å². The van der Waals surface area contributed by atoms with Crippen LogP contribution in [0.1, 0.15) is 18.1 Å². The van der Waals surface area contributed by atoms with Crippen LogP contribution in [0.3, 0.4) is 0 Å². The van der Waals surface area contributed by atoms with Gasteiger partial charge in [-0.2, -0.15) is 5.10 Å². The molecule has 0 saturated heterocycles. The van der Waals surface area contributed by atoms with Crippen LogP contribution in [0.4, 0.5) is 0 Å². The predicted octanol–water partition coefficient (Wildman–Crippen LogP) is 4.91. The Hall–Kier alpha value is -3.31. The van der Waals surface area contributed by atoms with E-state index in [4.69, 9.17) is 16.3 Å². The second kappa shape index (κ2) is 7.97. The van der Waals surface area contributed by atoms with Crippen molar-refractivity contribution < 1.29 is 4.74 Å². The molecule has 0 saturated carbocycles. The number of fused-ring (bicyclic) bond motifs is 1. The average molecular weight is 406 g/mol. The van der Waals surface area contributed by atoms with Crippen molar-refractivity contribution in [1.29, 1.82) is 0 Å². The molecular formula is C23H20ClN3O2. The van der Waals surface area contributed by atoms with Gasteiger partial charge in [-0.05, 0) is 42.3 Å². The molecule has 0 aliphatic heterocycles. The average Bonchev–Trinajstić information content (AvgIpc) is 3.17. The van der Waals surface area contributed by atoms with E-state index >= 15 is 0 Å². The first-order valence-corrected chi connectivity index (χ1v) is 9.69. The van der Waals surface area contributed by atoms with Gasteiger partial charge in [-0.15, -0.1) is 0 Å². The summed E-state index contributed by atoms with van der Waals surface area (Å²) in [5.41, 5.74) is 4.01. The maximum Gasteiger partial charge on any atom is 0.276 e. The number of nitrogens with zero attached hydrogens (tertiary/aromatic N) is 3. The fourth-order valence-electron chi connectivity index (χ4n) is 3.18. The summed E-state index contributed by atoms with van der Waals surface area (Å²) in [5.74, 6) is 0.631. The van der Waals surface area contributed by atoms with Crippen LogP contribution >= 0.6 is 11.6 Å². The van der Waals surface area contributed by atoms with E-state index in [-0.39, 0.29) is 5.56 Å². The van der Waals surface area contributed by atoms with Gasteiger partial charge in [-0.1, -0.05) is 48.5 Å². The fraction of sp³-hybridized carbons (Fsp3) is 0.130. The second-order valence-electron chi connectivity index (χ2n) is 6.61. The lowest BCUT2D eigenvalue weighted by atomic mass is 10.1. The lowest BCUT2D eigenvalue weighted by Gasteiger charge is -2.06. The van der Waals surface area contributed by atoms with Gasteiger partial charge in [0, 0.05) is 18.0 Å². The van der Waals surface area contributed by atoms with Crippen LogP contribution in [-0.4, -0.2) is 20.8 Å². The highest BCUT2D eigenvalue weighted by Gasteiger charge is 2.11. The van der Waals surface area contributed by atoms with Crippen molar-refractivity contribution in [3.63, 3.8) is 0 Å². The first-order chi connectivity index (χ1) is 14.1. The largest absolute Gasteiger partial charge is 0.492 e. The van der Waals surface area contributed by atoms with E-state index in [1.807, 2.05) is 43.3 Å². The molecule has 0 unspecified atom stereocenters. The molecule has 0 bridgehead atoms. The molecule has 0 atom stereocenters. The molecule has 0 aliphatic rings. The lowest BCUT2D eigenvalue weighted by Crippen LogP contribution is -2.21. The summed E-state index contributed by atoms with van der Waals surface area (Å²) in [5, 5.41) is 5.04. The molecule has 0 spiro atoms. The first-order valence-electron chi connectivity index (χ1n) is 9.32. The van der Waals surface area contributed by atoms with Gasteiger partial charge in [0.2, 0.25) is 0 Å². The normalized spacial score (nSPS) is 11.0. The molecule has 2 aromatic heterocycles. The SMILES string of the molecule is C=Cc1ccc(Cn2ccn3nc(-c4ccc(OCC)c(Cl)c4)cc3c2=O)cc1. The van der Waals surface area contributed by atoms with E-state index in [1.54, 1.807) is 39.7 Å². The molecule has 2 aromatic carbocycles. The molecule has 0 amide bonds. The van der Waals surface area contributed by atoms with E-state index in [1.165, 1.54) is 0 Å². The van der Waals surface area contributed by atoms with Crippen LogP contribution in [0, 0.1) is 0 Å². The highest BCUT2D eigenvalue weighted by Crippen LogP contribution is 2.30. The Morgan fingerprint density at radius 2 is 1.93 bits per heavy atom. The summed E-state index contributed by atoms with van der Waals surface area (Å²) < 4.78 is 8.75. The maximum atomic E-state index is 12.9. The lowest BCUT2D eigenvalue weighted by molar-refractivity contribution is 0.340. The quantitative estimate of drug-likeness (QED) is 0.458. The summed E-state index contributed by atoms with van der Waals surface area (Å²) in [4.78, 5) is 12.9. The zero-order chi connectivity index (χ0) is 20.4. The molecule has 5 nitrogen and oxygen atoms in total. The summed E-state index contributed by atoms with van der Waals surface area (Å²) in [6.45, 7) is 6.70. The van der Waals surface area contributed by atoms with Crippen molar-refractivity contribution in [2.24, 2.45) is 0 Å². The Morgan fingerprint density at radius 1 is 1.14 bits per heavy atom. The third kappa shape index (κ3) is 3.82. The molecule has 0 aliphatic carbocycles. The Balaban J connectivity index is 1.67. The van der Waals surface area contributed by atoms with Gasteiger partial charge in [-0.3, -0.25) is 4.79 Å².